The molecule has 102 valence electrons. The SMILES string of the molecule is CC(Cc1ccco1)Nc1cccc(CN(C)C)c1. The lowest BCUT2D eigenvalue weighted by Gasteiger charge is -2.16. The lowest BCUT2D eigenvalue weighted by molar-refractivity contribution is 0.402. The van der Waals surface area contributed by atoms with Crippen molar-refractivity contribution in [3.05, 3.63) is 54.0 Å². The van der Waals surface area contributed by atoms with Gasteiger partial charge in [-0.05, 0) is 50.8 Å². The highest BCUT2D eigenvalue weighted by Gasteiger charge is 2.06. The third-order valence-electron chi connectivity index (χ3n) is 2.93. The van der Waals surface area contributed by atoms with Gasteiger partial charge in [0, 0.05) is 24.7 Å². The predicted octanol–water partition coefficient (Wildman–Crippen LogP) is 3.38. The Kier molecular flexibility index (Phi) is 4.63. The van der Waals surface area contributed by atoms with Gasteiger partial charge in [-0.15, -0.1) is 0 Å². The van der Waals surface area contributed by atoms with E-state index in [4.69, 9.17) is 4.42 Å². The van der Waals surface area contributed by atoms with Gasteiger partial charge in [-0.2, -0.15) is 0 Å². The van der Waals surface area contributed by atoms with E-state index in [2.05, 4.69) is 55.5 Å². The van der Waals surface area contributed by atoms with Crippen LogP contribution in [0.2, 0.25) is 0 Å². The summed E-state index contributed by atoms with van der Waals surface area (Å²) in [7, 11) is 4.17. The standard InChI is InChI=1S/C16H22N2O/c1-13(10-16-8-5-9-19-16)17-15-7-4-6-14(11-15)12-18(2)3/h4-9,11,13,17H,10,12H2,1-3H3. The summed E-state index contributed by atoms with van der Waals surface area (Å²) in [6.45, 7) is 3.13. The zero-order chi connectivity index (χ0) is 13.7. The summed E-state index contributed by atoms with van der Waals surface area (Å²) in [4.78, 5) is 2.17. The Labute approximate surface area is 115 Å². The van der Waals surface area contributed by atoms with Crippen LogP contribution in [0.4, 0.5) is 5.69 Å². The van der Waals surface area contributed by atoms with Crippen molar-refractivity contribution < 1.29 is 4.42 Å². The van der Waals surface area contributed by atoms with Crippen molar-refractivity contribution in [3.8, 4) is 0 Å². The second kappa shape index (κ2) is 6.43. The Morgan fingerprint density at radius 3 is 2.74 bits per heavy atom. The molecule has 3 heteroatoms. The second-order valence-corrected chi connectivity index (χ2v) is 5.27. The maximum atomic E-state index is 5.37. The summed E-state index contributed by atoms with van der Waals surface area (Å²) >= 11 is 0. The maximum Gasteiger partial charge on any atom is 0.105 e. The molecular formula is C16H22N2O. The van der Waals surface area contributed by atoms with Crippen LogP contribution in [0, 0.1) is 0 Å². The molecule has 0 aliphatic heterocycles. The number of hydrogen-bond acceptors (Lipinski definition) is 3. The highest BCUT2D eigenvalue weighted by atomic mass is 16.3. The Morgan fingerprint density at radius 2 is 2.05 bits per heavy atom. The molecule has 0 fully saturated rings. The molecule has 0 bridgehead atoms. The Balaban J connectivity index is 1.94. The summed E-state index contributed by atoms with van der Waals surface area (Å²) in [5, 5.41) is 3.52. The van der Waals surface area contributed by atoms with E-state index in [1.165, 1.54) is 11.3 Å². The van der Waals surface area contributed by atoms with Gasteiger partial charge in [0.05, 0.1) is 6.26 Å². The molecule has 0 spiro atoms. The maximum absolute atomic E-state index is 5.37. The van der Waals surface area contributed by atoms with Crippen LogP contribution in [0.1, 0.15) is 18.2 Å². The van der Waals surface area contributed by atoms with E-state index in [1.54, 1.807) is 6.26 Å². The van der Waals surface area contributed by atoms with Gasteiger partial charge >= 0.3 is 0 Å². The van der Waals surface area contributed by atoms with Gasteiger partial charge in [-0.25, -0.2) is 0 Å². The number of rotatable bonds is 6. The Hall–Kier alpha value is -1.74. The molecule has 0 aliphatic carbocycles. The van der Waals surface area contributed by atoms with Gasteiger partial charge in [0.1, 0.15) is 5.76 Å². The fourth-order valence-electron chi connectivity index (χ4n) is 2.19. The molecule has 1 aromatic carbocycles. The number of anilines is 1. The van der Waals surface area contributed by atoms with Gasteiger partial charge < -0.3 is 14.6 Å². The molecule has 1 N–H and O–H groups in total. The fourth-order valence-corrected chi connectivity index (χ4v) is 2.19. The van der Waals surface area contributed by atoms with Crippen LogP contribution < -0.4 is 5.32 Å². The van der Waals surface area contributed by atoms with E-state index in [-0.39, 0.29) is 0 Å². The lowest BCUT2D eigenvalue weighted by atomic mass is 10.1. The minimum absolute atomic E-state index is 0.348. The van der Waals surface area contributed by atoms with Gasteiger partial charge in [-0.1, -0.05) is 12.1 Å². The average molecular weight is 258 g/mol. The molecule has 1 atom stereocenters. The van der Waals surface area contributed by atoms with Crippen LogP contribution in [0.5, 0.6) is 0 Å². The first-order valence-electron chi connectivity index (χ1n) is 6.66. The van der Waals surface area contributed by atoms with Crippen molar-refractivity contribution >= 4 is 5.69 Å². The van der Waals surface area contributed by atoms with Crippen LogP contribution >= 0.6 is 0 Å². The van der Waals surface area contributed by atoms with Crippen molar-refractivity contribution in [2.24, 2.45) is 0 Å². The lowest BCUT2D eigenvalue weighted by Crippen LogP contribution is -2.18. The molecule has 0 aliphatic rings. The quantitative estimate of drug-likeness (QED) is 0.861. The van der Waals surface area contributed by atoms with E-state index in [0.717, 1.165) is 18.7 Å². The summed E-state index contributed by atoms with van der Waals surface area (Å²) in [6.07, 6.45) is 2.62. The monoisotopic (exact) mass is 258 g/mol. The summed E-state index contributed by atoms with van der Waals surface area (Å²) in [5.74, 6) is 1.02. The molecule has 3 nitrogen and oxygen atoms in total. The van der Waals surface area contributed by atoms with E-state index in [9.17, 15) is 0 Å². The second-order valence-electron chi connectivity index (χ2n) is 5.27. The summed E-state index contributed by atoms with van der Waals surface area (Å²) in [5.41, 5.74) is 2.48. The largest absolute Gasteiger partial charge is 0.469 e. The van der Waals surface area contributed by atoms with Crippen LogP contribution in [-0.2, 0) is 13.0 Å². The van der Waals surface area contributed by atoms with E-state index in [1.807, 2.05) is 12.1 Å². The van der Waals surface area contributed by atoms with E-state index < -0.39 is 0 Å². The molecule has 0 saturated heterocycles. The molecule has 1 aromatic heterocycles. The Bertz CT molecular complexity index is 491. The zero-order valence-corrected chi connectivity index (χ0v) is 11.9. The number of hydrogen-bond donors (Lipinski definition) is 1. The first-order chi connectivity index (χ1) is 9.13. The summed E-state index contributed by atoms with van der Waals surface area (Å²) < 4.78 is 5.37. The molecule has 0 radical (unpaired) electrons. The minimum atomic E-state index is 0.348. The van der Waals surface area contributed by atoms with Gasteiger partial charge in [0.2, 0.25) is 0 Å². The molecule has 0 saturated carbocycles. The zero-order valence-electron chi connectivity index (χ0n) is 11.9. The summed E-state index contributed by atoms with van der Waals surface area (Å²) in [6, 6.07) is 12.9. The van der Waals surface area contributed by atoms with Crippen molar-refractivity contribution in [2.75, 3.05) is 19.4 Å². The predicted molar refractivity (Wildman–Crippen MR) is 79.3 cm³/mol. The first-order valence-corrected chi connectivity index (χ1v) is 6.66. The van der Waals surface area contributed by atoms with Crippen molar-refractivity contribution in [2.45, 2.75) is 25.9 Å². The van der Waals surface area contributed by atoms with Crippen molar-refractivity contribution in [3.63, 3.8) is 0 Å². The average Bonchev–Trinajstić information content (AvgIpc) is 2.81. The minimum Gasteiger partial charge on any atom is -0.469 e. The molecular weight excluding hydrogens is 236 g/mol. The molecule has 2 aromatic rings. The highest BCUT2D eigenvalue weighted by molar-refractivity contribution is 5.46. The number of nitrogens with zero attached hydrogens (tertiary/aromatic N) is 1. The number of furan rings is 1. The highest BCUT2D eigenvalue weighted by Crippen LogP contribution is 2.14. The third kappa shape index (κ3) is 4.45. The molecule has 1 unspecified atom stereocenters. The number of nitrogens with one attached hydrogen (secondary N) is 1. The molecule has 0 amide bonds. The molecule has 1 heterocycles. The van der Waals surface area contributed by atoms with Crippen LogP contribution in [-0.4, -0.2) is 25.0 Å². The fraction of sp³-hybridized carbons (Fsp3) is 0.375. The van der Waals surface area contributed by atoms with Gasteiger partial charge in [0.15, 0.2) is 0 Å². The van der Waals surface area contributed by atoms with Crippen LogP contribution in [0.25, 0.3) is 0 Å². The first kappa shape index (κ1) is 13.7. The smallest absolute Gasteiger partial charge is 0.105 e. The normalized spacial score (nSPS) is 12.6. The Morgan fingerprint density at radius 1 is 1.21 bits per heavy atom. The van der Waals surface area contributed by atoms with Gasteiger partial charge in [0.25, 0.3) is 0 Å². The topological polar surface area (TPSA) is 28.4 Å². The molecule has 19 heavy (non-hydrogen) atoms. The van der Waals surface area contributed by atoms with Crippen LogP contribution in [0.15, 0.2) is 47.1 Å². The van der Waals surface area contributed by atoms with Crippen LogP contribution in [0.3, 0.4) is 0 Å². The third-order valence-corrected chi connectivity index (χ3v) is 2.93. The van der Waals surface area contributed by atoms with Crippen molar-refractivity contribution in [1.82, 2.24) is 4.90 Å². The van der Waals surface area contributed by atoms with Crippen molar-refractivity contribution in [1.29, 1.82) is 0 Å². The number of benzene rings is 1. The van der Waals surface area contributed by atoms with Gasteiger partial charge in [-0.3, -0.25) is 0 Å². The van der Waals surface area contributed by atoms with E-state index >= 15 is 0 Å². The molecule has 2 rings (SSSR count). The van der Waals surface area contributed by atoms with E-state index in [0.29, 0.717) is 6.04 Å².